The van der Waals surface area contributed by atoms with Gasteiger partial charge in [-0.2, -0.15) is 18.2 Å². The minimum atomic E-state index is -4.43. The summed E-state index contributed by atoms with van der Waals surface area (Å²) in [4.78, 5) is 13.2. The number of carbonyl (C=O) groups excluding carboxylic acids is 1. The maximum atomic E-state index is 11.8. The summed E-state index contributed by atoms with van der Waals surface area (Å²) in [7, 11) is 0. The van der Waals surface area contributed by atoms with E-state index in [9.17, 15) is 18.0 Å². The molecule has 0 aliphatic rings. The molecule has 0 aliphatic heterocycles. The van der Waals surface area contributed by atoms with Gasteiger partial charge in [0.1, 0.15) is 5.75 Å². The number of isocyanates is 1. The van der Waals surface area contributed by atoms with E-state index in [-0.39, 0.29) is 16.5 Å². The second kappa shape index (κ2) is 5.01. The number of rotatable bonds is 3. The number of alkyl halides is 3. The van der Waals surface area contributed by atoms with Crippen LogP contribution in [0.1, 0.15) is 0 Å². The lowest BCUT2D eigenvalue weighted by Crippen LogP contribution is -2.19. The van der Waals surface area contributed by atoms with Crippen LogP contribution in [-0.2, 0) is 4.79 Å². The van der Waals surface area contributed by atoms with Crippen LogP contribution < -0.4 is 4.74 Å². The van der Waals surface area contributed by atoms with Gasteiger partial charge in [-0.25, -0.2) is 4.79 Å². The zero-order chi connectivity index (χ0) is 12.2. The SMILES string of the molecule is O=C=Nc1cc(Cl)cc(OCC(F)(F)F)c1. The molecule has 7 heteroatoms. The molecule has 0 saturated carbocycles. The molecular weight excluding hydrogens is 247 g/mol. The summed E-state index contributed by atoms with van der Waals surface area (Å²) in [5, 5.41) is 0.119. The first-order valence-electron chi connectivity index (χ1n) is 3.99. The average molecular weight is 252 g/mol. The largest absolute Gasteiger partial charge is 0.484 e. The van der Waals surface area contributed by atoms with Gasteiger partial charge < -0.3 is 4.74 Å². The predicted octanol–water partition coefficient (Wildman–Crippen LogP) is 3.25. The standard InChI is InChI=1S/C9H5ClF3NO2/c10-6-1-7(14-5-15)3-8(2-6)16-4-9(11,12)13/h1-3H,4H2. The van der Waals surface area contributed by atoms with Gasteiger partial charge in [0.15, 0.2) is 6.61 Å². The fourth-order valence-electron chi connectivity index (χ4n) is 0.914. The quantitative estimate of drug-likeness (QED) is 0.611. The van der Waals surface area contributed by atoms with Crippen molar-refractivity contribution in [1.29, 1.82) is 0 Å². The molecule has 16 heavy (non-hydrogen) atoms. The smallest absolute Gasteiger partial charge is 0.422 e. The summed E-state index contributed by atoms with van der Waals surface area (Å²) in [6.07, 6.45) is -3.18. The summed E-state index contributed by atoms with van der Waals surface area (Å²) >= 11 is 5.58. The fourth-order valence-corrected chi connectivity index (χ4v) is 1.13. The van der Waals surface area contributed by atoms with Crippen LogP contribution in [-0.4, -0.2) is 18.9 Å². The summed E-state index contributed by atoms with van der Waals surface area (Å²) < 4.78 is 40.0. The first-order valence-corrected chi connectivity index (χ1v) is 4.36. The van der Waals surface area contributed by atoms with E-state index in [1.807, 2.05) is 0 Å². The van der Waals surface area contributed by atoms with Crippen molar-refractivity contribution in [2.24, 2.45) is 4.99 Å². The van der Waals surface area contributed by atoms with Gasteiger partial charge in [-0.15, -0.1) is 0 Å². The fraction of sp³-hybridized carbons (Fsp3) is 0.222. The Hall–Kier alpha value is -1.52. The molecule has 1 aromatic rings. The van der Waals surface area contributed by atoms with Crippen molar-refractivity contribution in [1.82, 2.24) is 0 Å². The summed E-state index contributed by atoms with van der Waals surface area (Å²) in [6.45, 7) is -1.43. The van der Waals surface area contributed by atoms with Crippen molar-refractivity contribution < 1.29 is 22.7 Å². The summed E-state index contributed by atoms with van der Waals surface area (Å²) in [5.74, 6) is -0.112. The Morgan fingerprint density at radius 3 is 2.62 bits per heavy atom. The Balaban J connectivity index is 2.84. The molecule has 0 unspecified atom stereocenters. The molecule has 0 N–H and O–H groups in total. The highest BCUT2D eigenvalue weighted by Gasteiger charge is 2.28. The molecular formula is C9H5ClF3NO2. The maximum absolute atomic E-state index is 11.8. The van der Waals surface area contributed by atoms with Gasteiger partial charge in [-0.05, 0) is 12.1 Å². The van der Waals surface area contributed by atoms with Crippen LogP contribution in [0.25, 0.3) is 0 Å². The Labute approximate surface area is 93.5 Å². The van der Waals surface area contributed by atoms with Crippen LogP contribution in [0.3, 0.4) is 0 Å². The third-order valence-corrected chi connectivity index (χ3v) is 1.65. The van der Waals surface area contributed by atoms with Gasteiger partial charge in [-0.3, -0.25) is 0 Å². The van der Waals surface area contributed by atoms with Crippen molar-refractivity contribution in [2.75, 3.05) is 6.61 Å². The molecule has 0 aliphatic carbocycles. The minimum Gasteiger partial charge on any atom is -0.484 e. The van der Waals surface area contributed by atoms with Crippen LogP contribution in [0, 0.1) is 0 Å². The zero-order valence-electron chi connectivity index (χ0n) is 7.71. The number of aliphatic imine (C=N–C) groups is 1. The second-order valence-corrected chi connectivity index (χ2v) is 3.19. The number of nitrogens with zero attached hydrogens (tertiary/aromatic N) is 1. The molecule has 0 spiro atoms. The lowest BCUT2D eigenvalue weighted by atomic mass is 10.3. The Kier molecular flexibility index (Phi) is 3.93. The van der Waals surface area contributed by atoms with E-state index in [2.05, 4.69) is 9.73 Å². The molecule has 3 nitrogen and oxygen atoms in total. The van der Waals surface area contributed by atoms with E-state index in [1.165, 1.54) is 18.2 Å². The van der Waals surface area contributed by atoms with E-state index in [0.29, 0.717) is 0 Å². The van der Waals surface area contributed by atoms with Crippen molar-refractivity contribution in [3.8, 4) is 5.75 Å². The molecule has 0 bridgehead atoms. The van der Waals surface area contributed by atoms with E-state index in [1.54, 1.807) is 0 Å². The van der Waals surface area contributed by atoms with Crippen molar-refractivity contribution in [3.05, 3.63) is 23.2 Å². The Bertz CT molecular complexity index is 427. The van der Waals surface area contributed by atoms with E-state index >= 15 is 0 Å². The number of hydrogen-bond donors (Lipinski definition) is 0. The summed E-state index contributed by atoms with van der Waals surface area (Å²) in [6, 6.07) is 3.65. The van der Waals surface area contributed by atoms with Gasteiger partial charge in [-0.1, -0.05) is 11.6 Å². The number of halogens is 4. The van der Waals surface area contributed by atoms with Gasteiger partial charge in [0.25, 0.3) is 0 Å². The molecule has 1 aromatic carbocycles. The van der Waals surface area contributed by atoms with Gasteiger partial charge >= 0.3 is 6.18 Å². The predicted molar refractivity (Wildman–Crippen MR) is 50.8 cm³/mol. The Morgan fingerprint density at radius 2 is 2.06 bits per heavy atom. The zero-order valence-corrected chi connectivity index (χ0v) is 8.47. The monoisotopic (exact) mass is 251 g/mol. The molecule has 0 aromatic heterocycles. The normalized spacial score (nSPS) is 10.8. The molecule has 0 heterocycles. The molecule has 86 valence electrons. The van der Waals surface area contributed by atoms with Crippen LogP contribution >= 0.6 is 11.6 Å². The highest BCUT2D eigenvalue weighted by atomic mass is 35.5. The van der Waals surface area contributed by atoms with Crippen molar-refractivity contribution in [2.45, 2.75) is 6.18 Å². The second-order valence-electron chi connectivity index (χ2n) is 2.75. The lowest BCUT2D eigenvalue weighted by Gasteiger charge is -2.09. The maximum Gasteiger partial charge on any atom is 0.422 e. The molecule has 1 rings (SSSR count). The number of ether oxygens (including phenoxy) is 1. The van der Waals surface area contributed by atoms with E-state index in [4.69, 9.17) is 11.6 Å². The molecule has 0 fully saturated rings. The van der Waals surface area contributed by atoms with Gasteiger partial charge in [0, 0.05) is 11.1 Å². The third-order valence-electron chi connectivity index (χ3n) is 1.43. The molecule has 0 radical (unpaired) electrons. The van der Waals surface area contributed by atoms with Crippen LogP contribution in [0.4, 0.5) is 18.9 Å². The van der Waals surface area contributed by atoms with E-state index in [0.717, 1.165) is 6.07 Å². The van der Waals surface area contributed by atoms with Crippen molar-refractivity contribution >= 4 is 23.4 Å². The number of benzene rings is 1. The van der Waals surface area contributed by atoms with E-state index < -0.39 is 12.8 Å². The molecule has 0 amide bonds. The first kappa shape index (κ1) is 12.5. The molecule has 0 atom stereocenters. The minimum absolute atomic E-state index is 0.0830. The average Bonchev–Trinajstić information content (AvgIpc) is 2.13. The number of hydrogen-bond acceptors (Lipinski definition) is 3. The van der Waals surface area contributed by atoms with Gasteiger partial charge in [0.05, 0.1) is 5.69 Å². The van der Waals surface area contributed by atoms with Gasteiger partial charge in [0.2, 0.25) is 6.08 Å². The van der Waals surface area contributed by atoms with Crippen LogP contribution in [0.15, 0.2) is 23.2 Å². The molecule has 0 saturated heterocycles. The first-order chi connectivity index (χ1) is 7.40. The highest BCUT2D eigenvalue weighted by molar-refractivity contribution is 6.31. The van der Waals surface area contributed by atoms with Crippen LogP contribution in [0.2, 0.25) is 5.02 Å². The highest BCUT2D eigenvalue weighted by Crippen LogP contribution is 2.27. The lowest BCUT2D eigenvalue weighted by molar-refractivity contribution is -0.153. The Morgan fingerprint density at radius 1 is 1.38 bits per heavy atom. The topological polar surface area (TPSA) is 38.7 Å². The van der Waals surface area contributed by atoms with Crippen LogP contribution in [0.5, 0.6) is 5.75 Å². The summed E-state index contributed by atoms with van der Waals surface area (Å²) in [5.41, 5.74) is 0.0830. The van der Waals surface area contributed by atoms with Crippen molar-refractivity contribution in [3.63, 3.8) is 0 Å². The third kappa shape index (κ3) is 4.33.